The van der Waals surface area contributed by atoms with Crippen LogP contribution in [0.25, 0.3) is 0 Å². The SMILES string of the molecule is CCn1nnnc1NCc1ccc(OC)cc1OC. The molecule has 7 heteroatoms. The summed E-state index contributed by atoms with van der Waals surface area (Å²) in [4.78, 5) is 0. The molecule has 0 amide bonds. The van der Waals surface area contributed by atoms with Gasteiger partial charge < -0.3 is 14.8 Å². The Balaban J connectivity index is 2.11. The van der Waals surface area contributed by atoms with Crippen molar-refractivity contribution in [3.8, 4) is 11.5 Å². The summed E-state index contributed by atoms with van der Waals surface area (Å²) in [6.45, 7) is 3.28. The van der Waals surface area contributed by atoms with Crippen LogP contribution < -0.4 is 14.8 Å². The first-order chi connectivity index (χ1) is 9.28. The van der Waals surface area contributed by atoms with Gasteiger partial charge in [-0.15, -0.1) is 0 Å². The highest BCUT2D eigenvalue weighted by atomic mass is 16.5. The monoisotopic (exact) mass is 263 g/mol. The van der Waals surface area contributed by atoms with Crippen molar-refractivity contribution < 1.29 is 9.47 Å². The van der Waals surface area contributed by atoms with E-state index in [0.717, 1.165) is 23.6 Å². The third-order valence-electron chi connectivity index (χ3n) is 2.76. The van der Waals surface area contributed by atoms with Gasteiger partial charge in [-0.3, -0.25) is 0 Å². The van der Waals surface area contributed by atoms with Gasteiger partial charge in [0.25, 0.3) is 0 Å². The van der Waals surface area contributed by atoms with Gasteiger partial charge in [0.1, 0.15) is 11.5 Å². The highest BCUT2D eigenvalue weighted by molar-refractivity contribution is 5.42. The fourth-order valence-electron chi connectivity index (χ4n) is 1.72. The van der Waals surface area contributed by atoms with Gasteiger partial charge in [0.15, 0.2) is 0 Å². The molecule has 19 heavy (non-hydrogen) atoms. The zero-order chi connectivity index (χ0) is 13.7. The van der Waals surface area contributed by atoms with E-state index >= 15 is 0 Å². The second-order valence-corrected chi connectivity index (χ2v) is 3.85. The zero-order valence-corrected chi connectivity index (χ0v) is 11.3. The van der Waals surface area contributed by atoms with Crippen molar-refractivity contribution in [2.24, 2.45) is 0 Å². The molecule has 0 aliphatic rings. The molecule has 0 saturated carbocycles. The Kier molecular flexibility index (Phi) is 4.17. The Morgan fingerprint density at radius 2 is 2.11 bits per heavy atom. The highest BCUT2D eigenvalue weighted by Crippen LogP contribution is 2.25. The second-order valence-electron chi connectivity index (χ2n) is 3.85. The van der Waals surface area contributed by atoms with Crippen LogP contribution in [-0.2, 0) is 13.1 Å². The van der Waals surface area contributed by atoms with Crippen LogP contribution in [0, 0.1) is 0 Å². The van der Waals surface area contributed by atoms with Gasteiger partial charge in [-0.1, -0.05) is 5.10 Å². The first-order valence-electron chi connectivity index (χ1n) is 5.99. The number of ether oxygens (including phenoxy) is 2. The molecule has 7 nitrogen and oxygen atoms in total. The van der Waals surface area contributed by atoms with E-state index < -0.39 is 0 Å². The van der Waals surface area contributed by atoms with Crippen molar-refractivity contribution in [2.75, 3.05) is 19.5 Å². The fourth-order valence-corrected chi connectivity index (χ4v) is 1.72. The Morgan fingerprint density at radius 1 is 1.26 bits per heavy atom. The molecule has 0 aliphatic heterocycles. The molecule has 1 N–H and O–H groups in total. The number of rotatable bonds is 6. The molecule has 2 rings (SSSR count). The van der Waals surface area contributed by atoms with Crippen LogP contribution in [0.3, 0.4) is 0 Å². The van der Waals surface area contributed by atoms with Crippen molar-refractivity contribution >= 4 is 5.95 Å². The molecule has 0 atom stereocenters. The van der Waals surface area contributed by atoms with E-state index in [1.165, 1.54) is 0 Å². The first kappa shape index (κ1) is 13.1. The van der Waals surface area contributed by atoms with E-state index in [0.29, 0.717) is 12.5 Å². The minimum Gasteiger partial charge on any atom is -0.497 e. The van der Waals surface area contributed by atoms with Crippen molar-refractivity contribution in [3.63, 3.8) is 0 Å². The molecule has 1 aromatic carbocycles. The van der Waals surface area contributed by atoms with Crippen LogP contribution in [-0.4, -0.2) is 34.4 Å². The quantitative estimate of drug-likeness (QED) is 0.847. The minimum absolute atomic E-state index is 0.577. The standard InChI is InChI=1S/C12H17N5O2/c1-4-17-12(14-15-16-17)13-8-9-5-6-10(18-2)7-11(9)19-3/h5-7H,4,8H2,1-3H3,(H,13,14,16). The molecule has 102 valence electrons. The average Bonchev–Trinajstić information content (AvgIpc) is 2.92. The summed E-state index contributed by atoms with van der Waals surface area (Å²) < 4.78 is 12.2. The number of anilines is 1. The first-order valence-corrected chi connectivity index (χ1v) is 5.99. The van der Waals surface area contributed by atoms with Crippen LogP contribution in [0.1, 0.15) is 12.5 Å². The van der Waals surface area contributed by atoms with Crippen LogP contribution in [0.15, 0.2) is 18.2 Å². The molecule has 0 fully saturated rings. The Morgan fingerprint density at radius 3 is 2.79 bits per heavy atom. The van der Waals surface area contributed by atoms with Crippen molar-refractivity contribution in [3.05, 3.63) is 23.8 Å². The number of aromatic nitrogens is 4. The summed E-state index contributed by atoms with van der Waals surface area (Å²) in [6.07, 6.45) is 0. The molecule has 2 aromatic rings. The highest BCUT2D eigenvalue weighted by Gasteiger charge is 2.07. The molecule has 0 radical (unpaired) electrons. The van der Waals surface area contributed by atoms with Crippen LogP contribution in [0.5, 0.6) is 11.5 Å². The molecule has 0 spiro atoms. The normalized spacial score (nSPS) is 10.3. The molecule has 0 aliphatic carbocycles. The summed E-state index contributed by atoms with van der Waals surface area (Å²) >= 11 is 0. The summed E-state index contributed by atoms with van der Waals surface area (Å²) in [5.74, 6) is 2.17. The molecule has 1 heterocycles. The lowest BCUT2D eigenvalue weighted by Crippen LogP contribution is -2.08. The smallest absolute Gasteiger partial charge is 0.243 e. The van der Waals surface area contributed by atoms with E-state index in [4.69, 9.17) is 9.47 Å². The van der Waals surface area contributed by atoms with E-state index in [1.54, 1.807) is 18.9 Å². The van der Waals surface area contributed by atoms with Crippen LogP contribution in [0.2, 0.25) is 0 Å². The maximum atomic E-state index is 5.34. The third kappa shape index (κ3) is 2.93. The molecule has 0 bridgehead atoms. The number of nitrogens with zero attached hydrogens (tertiary/aromatic N) is 4. The van der Waals surface area contributed by atoms with Gasteiger partial charge in [0, 0.05) is 24.7 Å². The van der Waals surface area contributed by atoms with Crippen LogP contribution >= 0.6 is 0 Å². The van der Waals surface area contributed by atoms with Crippen molar-refractivity contribution in [1.82, 2.24) is 20.2 Å². The Bertz CT molecular complexity index is 541. The number of hydrogen-bond acceptors (Lipinski definition) is 6. The molecular weight excluding hydrogens is 246 g/mol. The van der Waals surface area contributed by atoms with Gasteiger partial charge in [0.2, 0.25) is 5.95 Å². The average molecular weight is 263 g/mol. The van der Waals surface area contributed by atoms with E-state index in [2.05, 4.69) is 20.8 Å². The van der Waals surface area contributed by atoms with Crippen molar-refractivity contribution in [1.29, 1.82) is 0 Å². The summed E-state index contributed by atoms with van der Waals surface area (Å²) in [5.41, 5.74) is 1.01. The lowest BCUT2D eigenvalue weighted by atomic mass is 10.2. The maximum absolute atomic E-state index is 5.34. The van der Waals surface area contributed by atoms with E-state index in [1.807, 2.05) is 25.1 Å². The Hall–Kier alpha value is -2.31. The predicted octanol–water partition coefficient (Wildman–Crippen LogP) is 1.32. The van der Waals surface area contributed by atoms with E-state index in [9.17, 15) is 0 Å². The number of nitrogens with one attached hydrogen (secondary N) is 1. The van der Waals surface area contributed by atoms with Gasteiger partial charge >= 0.3 is 0 Å². The van der Waals surface area contributed by atoms with Crippen molar-refractivity contribution in [2.45, 2.75) is 20.0 Å². The number of benzene rings is 1. The molecule has 1 aromatic heterocycles. The molecule has 0 unspecified atom stereocenters. The number of methoxy groups -OCH3 is 2. The zero-order valence-electron chi connectivity index (χ0n) is 11.3. The van der Waals surface area contributed by atoms with Gasteiger partial charge in [-0.05, 0) is 29.5 Å². The van der Waals surface area contributed by atoms with Gasteiger partial charge in [-0.25, -0.2) is 4.68 Å². The fraction of sp³-hybridized carbons (Fsp3) is 0.417. The largest absolute Gasteiger partial charge is 0.497 e. The number of aryl methyl sites for hydroxylation is 1. The molecular formula is C12H17N5O2. The summed E-state index contributed by atoms with van der Waals surface area (Å²) in [7, 11) is 3.26. The summed E-state index contributed by atoms with van der Waals surface area (Å²) in [6, 6.07) is 5.69. The number of hydrogen-bond donors (Lipinski definition) is 1. The van der Waals surface area contributed by atoms with Gasteiger partial charge in [-0.2, -0.15) is 0 Å². The second kappa shape index (κ2) is 6.03. The molecule has 0 saturated heterocycles. The Labute approximate surface area is 111 Å². The van der Waals surface area contributed by atoms with Gasteiger partial charge in [0.05, 0.1) is 14.2 Å². The lowest BCUT2D eigenvalue weighted by molar-refractivity contribution is 0.391. The summed E-state index contributed by atoms with van der Waals surface area (Å²) in [5, 5.41) is 14.6. The third-order valence-corrected chi connectivity index (χ3v) is 2.76. The van der Waals surface area contributed by atoms with E-state index in [-0.39, 0.29) is 0 Å². The predicted molar refractivity (Wildman–Crippen MR) is 70.4 cm³/mol. The number of tetrazole rings is 1. The lowest BCUT2D eigenvalue weighted by Gasteiger charge is -2.11. The maximum Gasteiger partial charge on any atom is 0.243 e. The van der Waals surface area contributed by atoms with Crippen LogP contribution in [0.4, 0.5) is 5.95 Å². The topological polar surface area (TPSA) is 74.1 Å². The minimum atomic E-state index is 0.577.